The van der Waals surface area contributed by atoms with Gasteiger partial charge in [-0.25, -0.2) is 17.2 Å². The number of amides is 1. The van der Waals surface area contributed by atoms with Crippen LogP contribution in [0.3, 0.4) is 0 Å². The number of sulfonamides is 1. The van der Waals surface area contributed by atoms with Gasteiger partial charge in [0.1, 0.15) is 9.79 Å². The summed E-state index contributed by atoms with van der Waals surface area (Å²) in [4.78, 5) is 13.5. The Balaban J connectivity index is 1.96. The van der Waals surface area contributed by atoms with E-state index < -0.39 is 66.1 Å². The third kappa shape index (κ3) is 4.82. The largest absolute Gasteiger partial charge is 0.361 e. The van der Waals surface area contributed by atoms with Crippen LogP contribution >= 0.6 is 10.2 Å². The Morgan fingerprint density at radius 2 is 1.62 bits per heavy atom. The van der Waals surface area contributed by atoms with E-state index in [0.29, 0.717) is 12.1 Å². The smallest absolute Gasteiger partial charge is 0.310 e. The lowest BCUT2D eigenvalue weighted by atomic mass is 10.2. The molecule has 15 heteroatoms. The Kier molecular flexibility index (Phi) is 4.96. The maximum absolute atomic E-state index is 13.5. The molecule has 1 aliphatic heterocycles. The van der Waals surface area contributed by atoms with Gasteiger partial charge in [-0.15, -0.1) is 0 Å². The molecule has 1 aromatic heterocycles. The average Bonchev–Trinajstić information content (AvgIpc) is 3.11. The Morgan fingerprint density at radius 3 is 2.09 bits per heavy atom. The van der Waals surface area contributed by atoms with E-state index in [1.54, 1.807) is 0 Å². The number of H-pyrrole nitrogens is 1. The number of alkyl halides is 2. The van der Waals surface area contributed by atoms with Crippen molar-refractivity contribution in [3.05, 3.63) is 41.2 Å². The molecule has 0 aliphatic carbocycles. The first-order valence-corrected chi connectivity index (χ1v) is 12.4. The average molecular weight is 509 g/mol. The molecule has 0 saturated carbocycles. The van der Waals surface area contributed by atoms with Gasteiger partial charge in [-0.2, -0.15) is 0 Å². The number of hydrogen-bond donors (Lipinski definition) is 2. The number of nitrogens with one attached hydrogen (secondary N) is 2. The Labute approximate surface area is 178 Å². The normalized spacial score (nSPS) is 18.8. The predicted molar refractivity (Wildman–Crippen MR) is 104 cm³/mol. The van der Waals surface area contributed by atoms with Crippen LogP contribution in [0.25, 0.3) is 0 Å². The van der Waals surface area contributed by atoms with Crippen LogP contribution in [0.15, 0.2) is 34.1 Å². The van der Waals surface area contributed by atoms with Gasteiger partial charge in [-0.3, -0.25) is 9.52 Å². The van der Waals surface area contributed by atoms with Crippen LogP contribution < -0.4 is 4.72 Å². The topological polar surface area (TPSA) is 82.3 Å². The van der Waals surface area contributed by atoms with Gasteiger partial charge in [0.15, 0.2) is 0 Å². The number of aryl methyl sites for hydroxylation is 2. The molecule has 6 nitrogen and oxygen atoms in total. The summed E-state index contributed by atoms with van der Waals surface area (Å²) in [6, 6.07) is 1.07. The first kappa shape index (κ1) is 24.2. The second-order valence-corrected chi connectivity index (χ2v) is 11.5. The van der Waals surface area contributed by atoms with Gasteiger partial charge in [0.05, 0.1) is 12.1 Å². The molecular formula is C17H18F7N3O3S2. The van der Waals surface area contributed by atoms with Crippen molar-refractivity contribution in [2.45, 2.75) is 36.0 Å². The summed E-state index contributed by atoms with van der Waals surface area (Å²) < 4.78 is 119. The molecule has 1 aliphatic rings. The van der Waals surface area contributed by atoms with Gasteiger partial charge >= 0.3 is 10.2 Å². The van der Waals surface area contributed by atoms with E-state index in [0.717, 1.165) is 4.90 Å². The van der Waals surface area contributed by atoms with Crippen molar-refractivity contribution in [3.8, 4) is 0 Å². The molecule has 0 radical (unpaired) electrons. The van der Waals surface area contributed by atoms with E-state index in [2.05, 4.69) is 4.98 Å². The van der Waals surface area contributed by atoms with Crippen LogP contribution in [0.4, 0.5) is 33.9 Å². The van der Waals surface area contributed by atoms with Crippen LogP contribution in [-0.4, -0.2) is 43.2 Å². The standard InChI is InChI=1S/C17H18F7N3O3S2/c1-10-14(16(28)27-8-7-17(18,19)9-27)15(11(2)25-10)31(29,30)26-12-3-5-13(6-4-12)32(20,21,22,23)24/h3-6,25-26H,7-9H2,1-2H3. The van der Waals surface area contributed by atoms with E-state index >= 15 is 0 Å². The van der Waals surface area contributed by atoms with Crippen molar-refractivity contribution < 1.29 is 41.4 Å². The van der Waals surface area contributed by atoms with E-state index in [4.69, 9.17) is 0 Å². The van der Waals surface area contributed by atoms with Crippen molar-refractivity contribution in [1.82, 2.24) is 9.88 Å². The Hall–Kier alpha value is -2.42. The number of aromatic amines is 1. The summed E-state index contributed by atoms with van der Waals surface area (Å²) in [6.45, 7) is 1.47. The fourth-order valence-corrected chi connectivity index (χ4v) is 5.57. The van der Waals surface area contributed by atoms with E-state index in [1.165, 1.54) is 13.8 Å². The fraction of sp³-hybridized carbons (Fsp3) is 0.353. The SMILES string of the molecule is Cc1[nH]c(C)c(S(=O)(=O)Nc2ccc(S(F)(F)(F)(F)F)cc2)c1C(=O)N1CCC(F)(F)C1. The number of nitrogens with zero attached hydrogens (tertiary/aromatic N) is 1. The third-order valence-electron chi connectivity index (χ3n) is 4.81. The van der Waals surface area contributed by atoms with E-state index in [-0.39, 0.29) is 30.1 Å². The number of carbonyl (C=O) groups is 1. The highest BCUT2D eigenvalue weighted by molar-refractivity contribution is 8.45. The number of carbonyl (C=O) groups excluding carboxylic acids is 1. The Morgan fingerprint density at radius 1 is 1.06 bits per heavy atom. The van der Waals surface area contributed by atoms with Gasteiger partial charge in [0.2, 0.25) is 0 Å². The zero-order valence-electron chi connectivity index (χ0n) is 16.6. The zero-order chi connectivity index (χ0) is 24.4. The minimum absolute atomic E-state index is 0.0204. The van der Waals surface area contributed by atoms with Crippen molar-refractivity contribution in [1.29, 1.82) is 0 Å². The monoisotopic (exact) mass is 509 g/mol. The molecule has 3 rings (SSSR count). The van der Waals surface area contributed by atoms with Crippen molar-refractivity contribution in [2.24, 2.45) is 0 Å². The number of anilines is 1. The maximum Gasteiger partial charge on any atom is 0.310 e. The molecule has 1 saturated heterocycles. The van der Waals surface area contributed by atoms with Gasteiger partial charge in [0.25, 0.3) is 21.9 Å². The van der Waals surface area contributed by atoms with Crippen molar-refractivity contribution in [3.63, 3.8) is 0 Å². The number of hydrogen-bond acceptors (Lipinski definition) is 3. The lowest BCUT2D eigenvalue weighted by Crippen LogP contribution is -2.32. The predicted octanol–water partition coefficient (Wildman–Crippen LogP) is 5.57. The molecule has 2 aromatic rings. The van der Waals surface area contributed by atoms with Gasteiger partial charge in [0, 0.05) is 30.0 Å². The van der Waals surface area contributed by atoms with E-state index in [1.807, 2.05) is 4.72 Å². The molecule has 0 unspecified atom stereocenters. The number of halogens is 7. The van der Waals surface area contributed by atoms with Crippen molar-refractivity contribution >= 4 is 31.8 Å². The summed E-state index contributed by atoms with van der Waals surface area (Å²) in [5, 5.41) is 0. The lowest BCUT2D eigenvalue weighted by molar-refractivity contribution is 0.0119. The highest BCUT2D eigenvalue weighted by atomic mass is 32.5. The molecule has 0 bridgehead atoms. The Bertz CT molecular complexity index is 1190. The van der Waals surface area contributed by atoms with Gasteiger partial charge in [-0.05, 0) is 38.1 Å². The molecule has 2 heterocycles. The number of aromatic nitrogens is 1. The summed E-state index contributed by atoms with van der Waals surface area (Å²) in [5.41, 5.74) is -0.802. The highest BCUT2D eigenvalue weighted by Gasteiger charge is 2.65. The number of benzene rings is 1. The maximum atomic E-state index is 13.5. The summed E-state index contributed by atoms with van der Waals surface area (Å²) >= 11 is 0. The molecule has 1 fully saturated rings. The molecule has 0 atom stereocenters. The van der Waals surface area contributed by atoms with Crippen LogP contribution in [-0.2, 0) is 10.0 Å². The second kappa shape index (κ2) is 6.56. The first-order valence-electron chi connectivity index (χ1n) is 8.93. The third-order valence-corrected chi connectivity index (χ3v) is 7.52. The summed E-state index contributed by atoms with van der Waals surface area (Å²) in [6.07, 6.45) is -0.583. The minimum atomic E-state index is -9.94. The molecule has 0 spiro atoms. The molecule has 1 aromatic carbocycles. The lowest BCUT2D eigenvalue weighted by Gasteiger charge is -2.40. The number of rotatable bonds is 5. The molecule has 180 valence electrons. The second-order valence-electron chi connectivity index (χ2n) is 7.51. The van der Waals surface area contributed by atoms with Gasteiger partial charge < -0.3 is 9.88 Å². The summed E-state index contributed by atoms with van der Waals surface area (Å²) in [7, 11) is -14.6. The summed E-state index contributed by atoms with van der Waals surface area (Å²) in [5.74, 6) is -4.07. The molecular weight excluding hydrogens is 491 g/mol. The highest BCUT2D eigenvalue weighted by Crippen LogP contribution is 3.02. The fourth-order valence-electron chi connectivity index (χ4n) is 3.41. The van der Waals surface area contributed by atoms with E-state index in [9.17, 15) is 41.4 Å². The number of likely N-dealkylation sites (tertiary alicyclic amines) is 1. The van der Waals surface area contributed by atoms with Crippen LogP contribution in [0.2, 0.25) is 0 Å². The van der Waals surface area contributed by atoms with Crippen LogP contribution in [0.1, 0.15) is 28.2 Å². The first-order chi connectivity index (χ1) is 14.2. The van der Waals surface area contributed by atoms with Gasteiger partial charge in [-0.1, -0.05) is 19.4 Å². The van der Waals surface area contributed by atoms with Crippen LogP contribution in [0, 0.1) is 13.8 Å². The molecule has 32 heavy (non-hydrogen) atoms. The quantitative estimate of drug-likeness (QED) is 0.517. The molecule has 2 N–H and O–H groups in total. The zero-order valence-corrected chi connectivity index (χ0v) is 18.2. The van der Waals surface area contributed by atoms with Crippen LogP contribution in [0.5, 0.6) is 0 Å². The molecule has 1 amide bonds. The minimum Gasteiger partial charge on any atom is -0.361 e. The van der Waals surface area contributed by atoms with Crippen molar-refractivity contribution in [2.75, 3.05) is 17.8 Å².